The zero-order valence-electron chi connectivity index (χ0n) is 23.6. The molecular weight excluding hydrogens is 604 g/mol. The van der Waals surface area contributed by atoms with Crippen molar-refractivity contribution in [2.24, 2.45) is 0 Å². The molecule has 14 heteroatoms. The molecular formula is C30H26F4N4O5S. The minimum absolute atomic E-state index is 0.0462. The van der Waals surface area contributed by atoms with Crippen LogP contribution in [0.4, 0.5) is 23.4 Å². The first-order valence-electron chi connectivity index (χ1n) is 13.2. The summed E-state index contributed by atoms with van der Waals surface area (Å²) in [5.74, 6) is -2.36. The molecule has 2 amide bonds. The average Bonchev–Trinajstić information content (AvgIpc) is 3.32. The van der Waals surface area contributed by atoms with Gasteiger partial charge < -0.3 is 15.1 Å². The topological polar surface area (TPSA) is 122 Å². The molecule has 0 spiro atoms. The highest BCUT2D eigenvalue weighted by molar-refractivity contribution is 7.92. The van der Waals surface area contributed by atoms with E-state index in [0.29, 0.717) is 12.7 Å². The molecule has 0 bridgehead atoms. The second-order valence-corrected chi connectivity index (χ2v) is 12.5. The molecule has 2 heterocycles. The maximum atomic E-state index is 13.7. The lowest BCUT2D eigenvalue weighted by Gasteiger charge is -2.32. The second kappa shape index (κ2) is 11.1. The van der Waals surface area contributed by atoms with Gasteiger partial charge in [0, 0.05) is 23.7 Å². The standard InChI is InChI=1S/C30H26F4N4O5S/c1-29(12-5-13-29)37-26(39)19-7-4-6-18(14-19)21-15-22-23(27(40)35-2)24(17-8-10-20(31)11-9-17)43-28(22)36-25(21)38(44(3,41)42)16-30(32,33)34/h4-12,14-15H,13,16H2,1-3H3,(H,35,40)(H,37,39). The molecule has 0 saturated carbocycles. The van der Waals surface area contributed by atoms with Crippen molar-refractivity contribution in [1.82, 2.24) is 15.6 Å². The van der Waals surface area contributed by atoms with Crippen molar-refractivity contribution < 1.29 is 40.0 Å². The van der Waals surface area contributed by atoms with E-state index in [1.54, 1.807) is 0 Å². The average molecular weight is 631 g/mol. The molecule has 1 aliphatic carbocycles. The van der Waals surface area contributed by atoms with Crippen molar-refractivity contribution in [1.29, 1.82) is 0 Å². The van der Waals surface area contributed by atoms with Crippen molar-refractivity contribution in [2.75, 3.05) is 24.2 Å². The van der Waals surface area contributed by atoms with Crippen LogP contribution in [0.15, 0.2) is 71.2 Å². The van der Waals surface area contributed by atoms with Crippen LogP contribution in [-0.2, 0) is 10.0 Å². The number of benzene rings is 2. The van der Waals surface area contributed by atoms with Crippen molar-refractivity contribution in [3.8, 4) is 22.5 Å². The van der Waals surface area contributed by atoms with Gasteiger partial charge in [-0.15, -0.1) is 0 Å². The summed E-state index contributed by atoms with van der Waals surface area (Å²) >= 11 is 0. The van der Waals surface area contributed by atoms with E-state index in [9.17, 15) is 35.6 Å². The highest BCUT2D eigenvalue weighted by Gasteiger charge is 2.38. The third kappa shape index (κ3) is 6.16. The first kappa shape index (κ1) is 30.7. The van der Waals surface area contributed by atoms with Crippen molar-refractivity contribution in [3.63, 3.8) is 0 Å². The fourth-order valence-electron chi connectivity index (χ4n) is 4.81. The number of anilines is 1. The molecule has 0 saturated heterocycles. The van der Waals surface area contributed by atoms with Gasteiger partial charge in [-0.05, 0) is 61.4 Å². The van der Waals surface area contributed by atoms with Gasteiger partial charge in [0.2, 0.25) is 15.7 Å². The van der Waals surface area contributed by atoms with Gasteiger partial charge in [0.25, 0.3) is 11.8 Å². The summed E-state index contributed by atoms with van der Waals surface area (Å²) in [6.45, 7) is -0.0836. The number of aromatic nitrogens is 1. The smallest absolute Gasteiger partial charge is 0.407 e. The van der Waals surface area contributed by atoms with E-state index in [1.807, 2.05) is 19.1 Å². The van der Waals surface area contributed by atoms with E-state index in [1.165, 1.54) is 49.5 Å². The lowest BCUT2D eigenvalue weighted by atomic mass is 9.87. The number of carbonyl (C=O) groups excluding carboxylic acids is 2. The fraction of sp³-hybridized carbons (Fsp3) is 0.233. The number of nitrogens with zero attached hydrogens (tertiary/aromatic N) is 2. The van der Waals surface area contributed by atoms with Crippen LogP contribution in [0.25, 0.3) is 33.6 Å². The number of hydrogen-bond acceptors (Lipinski definition) is 6. The number of fused-ring (bicyclic) bond motifs is 1. The van der Waals surface area contributed by atoms with Crippen LogP contribution in [-0.4, -0.2) is 56.8 Å². The molecule has 4 aromatic rings. The molecule has 0 radical (unpaired) electrons. The minimum atomic E-state index is -4.96. The Kier molecular flexibility index (Phi) is 7.74. The molecule has 1 unspecified atom stereocenters. The van der Waals surface area contributed by atoms with Crippen LogP contribution >= 0.6 is 0 Å². The molecule has 2 aromatic heterocycles. The van der Waals surface area contributed by atoms with E-state index in [0.717, 1.165) is 12.1 Å². The molecule has 230 valence electrons. The molecule has 5 rings (SSSR count). The van der Waals surface area contributed by atoms with Crippen LogP contribution in [0, 0.1) is 5.82 Å². The van der Waals surface area contributed by atoms with Crippen LogP contribution in [0.2, 0.25) is 0 Å². The lowest BCUT2D eigenvalue weighted by Crippen LogP contribution is -2.47. The van der Waals surface area contributed by atoms with Gasteiger partial charge >= 0.3 is 6.18 Å². The second-order valence-electron chi connectivity index (χ2n) is 10.5. The van der Waals surface area contributed by atoms with Gasteiger partial charge in [0.05, 0.1) is 22.7 Å². The summed E-state index contributed by atoms with van der Waals surface area (Å²) in [6, 6.07) is 12.1. The largest absolute Gasteiger partial charge is 0.437 e. The molecule has 2 aromatic carbocycles. The number of halogens is 4. The predicted octanol–water partition coefficient (Wildman–Crippen LogP) is 5.44. The third-order valence-corrected chi connectivity index (χ3v) is 8.15. The third-order valence-electron chi connectivity index (χ3n) is 7.05. The Hall–Kier alpha value is -4.72. The van der Waals surface area contributed by atoms with Crippen LogP contribution in [0.1, 0.15) is 34.1 Å². The number of furan rings is 1. The number of amides is 2. The van der Waals surface area contributed by atoms with Crippen molar-refractivity contribution >= 4 is 38.8 Å². The normalized spacial score (nSPS) is 16.4. The summed E-state index contributed by atoms with van der Waals surface area (Å²) in [5, 5.41) is 5.40. The van der Waals surface area contributed by atoms with Crippen LogP contribution in [0.5, 0.6) is 0 Å². The number of hydrogen-bond donors (Lipinski definition) is 2. The number of rotatable bonds is 8. The maximum Gasteiger partial charge on any atom is 0.407 e. The van der Waals surface area contributed by atoms with Gasteiger partial charge in [-0.3, -0.25) is 9.59 Å². The van der Waals surface area contributed by atoms with Gasteiger partial charge in [-0.2, -0.15) is 18.2 Å². The molecule has 9 nitrogen and oxygen atoms in total. The lowest BCUT2D eigenvalue weighted by molar-refractivity contribution is -0.117. The highest BCUT2D eigenvalue weighted by Crippen LogP contribution is 2.40. The summed E-state index contributed by atoms with van der Waals surface area (Å²) in [5.41, 5.74) is -0.506. The van der Waals surface area contributed by atoms with E-state index in [2.05, 4.69) is 15.6 Å². The first-order valence-corrected chi connectivity index (χ1v) is 15.0. The number of alkyl halides is 3. The number of carbonyl (C=O) groups is 2. The highest BCUT2D eigenvalue weighted by atomic mass is 32.2. The summed E-state index contributed by atoms with van der Waals surface area (Å²) < 4.78 is 86.3. The van der Waals surface area contributed by atoms with Gasteiger partial charge in [0.1, 0.15) is 18.1 Å². The minimum Gasteiger partial charge on any atom is -0.437 e. The summed E-state index contributed by atoms with van der Waals surface area (Å²) in [6.07, 6.45) is -0.0282. The van der Waals surface area contributed by atoms with E-state index in [4.69, 9.17) is 4.42 Å². The van der Waals surface area contributed by atoms with Crippen molar-refractivity contribution in [3.05, 3.63) is 83.7 Å². The Morgan fingerprint density at radius 2 is 1.75 bits per heavy atom. The Bertz CT molecular complexity index is 1920. The Morgan fingerprint density at radius 1 is 1.07 bits per heavy atom. The number of pyridine rings is 1. The van der Waals surface area contributed by atoms with Crippen molar-refractivity contribution in [2.45, 2.75) is 25.1 Å². The quantitative estimate of drug-likeness (QED) is 0.198. The van der Waals surface area contributed by atoms with Crippen LogP contribution in [0.3, 0.4) is 0 Å². The number of sulfonamides is 1. The molecule has 1 aliphatic rings. The molecule has 44 heavy (non-hydrogen) atoms. The van der Waals surface area contributed by atoms with E-state index < -0.39 is 51.7 Å². The van der Waals surface area contributed by atoms with Gasteiger partial charge in [-0.1, -0.05) is 24.3 Å². The van der Waals surface area contributed by atoms with E-state index >= 15 is 0 Å². The predicted molar refractivity (Wildman–Crippen MR) is 156 cm³/mol. The summed E-state index contributed by atoms with van der Waals surface area (Å²) in [7, 11) is -3.22. The molecule has 0 fully saturated rings. The summed E-state index contributed by atoms with van der Waals surface area (Å²) in [4.78, 5) is 30.4. The Labute approximate surface area is 249 Å². The number of nitrogens with one attached hydrogen (secondary N) is 2. The maximum absolute atomic E-state index is 13.7. The molecule has 1 atom stereocenters. The molecule has 0 aliphatic heterocycles. The van der Waals surface area contributed by atoms with Gasteiger partial charge in [-0.25, -0.2) is 17.1 Å². The SMILES string of the molecule is CNC(=O)c1c(-c2ccc(F)cc2)oc2nc(N(CC(F)(F)F)S(C)(=O)=O)c(-c3cccc(C(=O)NC4(C)C=CC4)c3)cc12. The molecule has 2 N–H and O–H groups in total. The fourth-order valence-corrected chi connectivity index (χ4v) is 5.64. The van der Waals surface area contributed by atoms with E-state index in [-0.39, 0.29) is 49.0 Å². The van der Waals surface area contributed by atoms with Gasteiger partial charge in [0.15, 0.2) is 5.82 Å². The first-order chi connectivity index (χ1) is 20.6. The zero-order chi connectivity index (χ0) is 32.0. The monoisotopic (exact) mass is 630 g/mol. The zero-order valence-corrected chi connectivity index (χ0v) is 24.4. The van der Waals surface area contributed by atoms with Crippen LogP contribution < -0.4 is 14.9 Å². The Balaban J connectivity index is 1.78. The Morgan fingerprint density at radius 3 is 2.32 bits per heavy atom.